The van der Waals surface area contributed by atoms with Crippen LogP contribution in [0.4, 0.5) is 5.69 Å². The predicted molar refractivity (Wildman–Crippen MR) is 111 cm³/mol. The van der Waals surface area contributed by atoms with Crippen LogP contribution < -0.4 is 14.8 Å². The summed E-state index contributed by atoms with van der Waals surface area (Å²) in [4.78, 5) is 12.6. The molecule has 0 saturated carbocycles. The normalized spacial score (nSPS) is 15.7. The van der Waals surface area contributed by atoms with Crippen LogP contribution in [0.5, 0.6) is 11.5 Å². The summed E-state index contributed by atoms with van der Waals surface area (Å²) in [6.07, 6.45) is 0.901. The lowest BCUT2D eigenvalue weighted by Crippen LogP contribution is -2.41. The van der Waals surface area contributed by atoms with E-state index >= 15 is 0 Å². The molecule has 0 aliphatic carbocycles. The molecule has 0 unspecified atom stereocenters. The molecule has 1 amide bonds. The number of amides is 1. The maximum atomic E-state index is 13.0. The van der Waals surface area contributed by atoms with E-state index in [1.165, 1.54) is 30.7 Å². The number of nitrogens with zero attached hydrogens (tertiary/aromatic N) is 1. The minimum atomic E-state index is -3.68. The Labute approximate surface area is 175 Å². The van der Waals surface area contributed by atoms with Crippen molar-refractivity contribution < 1.29 is 22.7 Å². The average molecular weight is 439 g/mol. The molecule has 1 fully saturated rings. The fourth-order valence-electron chi connectivity index (χ4n) is 3.26. The van der Waals surface area contributed by atoms with Gasteiger partial charge in [-0.05, 0) is 49.2 Å². The van der Waals surface area contributed by atoms with Gasteiger partial charge in [0.2, 0.25) is 15.9 Å². The highest BCUT2D eigenvalue weighted by Crippen LogP contribution is 2.32. The Morgan fingerprint density at radius 2 is 1.66 bits per heavy atom. The number of carbonyl (C=O) groups excluding carboxylic acids is 1. The molecule has 0 spiro atoms. The van der Waals surface area contributed by atoms with Gasteiger partial charge < -0.3 is 14.8 Å². The second-order valence-corrected chi connectivity index (χ2v) is 9.07. The van der Waals surface area contributed by atoms with Crippen molar-refractivity contribution in [2.75, 3.05) is 32.6 Å². The molecule has 2 aromatic rings. The smallest absolute Gasteiger partial charge is 0.243 e. The molecule has 2 aromatic carbocycles. The fourth-order valence-corrected chi connectivity index (χ4v) is 4.87. The zero-order chi connectivity index (χ0) is 21.0. The Balaban J connectivity index is 1.65. The highest BCUT2D eigenvalue weighted by molar-refractivity contribution is 7.89. The van der Waals surface area contributed by atoms with Crippen LogP contribution in [0.1, 0.15) is 12.8 Å². The van der Waals surface area contributed by atoms with E-state index in [0.717, 1.165) is 0 Å². The van der Waals surface area contributed by atoms with Crippen molar-refractivity contribution in [1.82, 2.24) is 4.31 Å². The molecular formula is C20H23ClN2O5S. The maximum absolute atomic E-state index is 13.0. The van der Waals surface area contributed by atoms with Crippen molar-refractivity contribution in [2.24, 2.45) is 5.92 Å². The summed E-state index contributed by atoms with van der Waals surface area (Å²) in [6, 6.07) is 11.4. The molecule has 0 radical (unpaired) electrons. The first-order valence-corrected chi connectivity index (χ1v) is 11.0. The minimum Gasteiger partial charge on any atom is -0.493 e. The van der Waals surface area contributed by atoms with Crippen LogP contribution in [0.15, 0.2) is 47.4 Å². The largest absolute Gasteiger partial charge is 0.493 e. The first-order valence-electron chi connectivity index (χ1n) is 9.13. The van der Waals surface area contributed by atoms with Gasteiger partial charge in [0.1, 0.15) is 0 Å². The Bertz CT molecular complexity index is 971. The SMILES string of the molecule is COc1ccc(S(=O)(=O)N2CCC(C(=O)Nc3ccc(Cl)cc3)CC2)cc1OC. The second-order valence-electron chi connectivity index (χ2n) is 6.69. The lowest BCUT2D eigenvalue weighted by molar-refractivity contribution is -0.120. The van der Waals surface area contributed by atoms with Crippen LogP contribution in [0.25, 0.3) is 0 Å². The quantitative estimate of drug-likeness (QED) is 0.747. The van der Waals surface area contributed by atoms with Gasteiger partial charge in [-0.2, -0.15) is 4.31 Å². The van der Waals surface area contributed by atoms with E-state index < -0.39 is 10.0 Å². The van der Waals surface area contributed by atoms with Crippen LogP contribution in [-0.4, -0.2) is 45.9 Å². The highest BCUT2D eigenvalue weighted by atomic mass is 35.5. The lowest BCUT2D eigenvalue weighted by atomic mass is 9.97. The molecule has 1 aliphatic rings. The summed E-state index contributed by atoms with van der Waals surface area (Å²) in [7, 11) is -0.732. The Morgan fingerprint density at radius 3 is 2.24 bits per heavy atom. The third kappa shape index (κ3) is 4.83. The van der Waals surface area contributed by atoms with E-state index in [4.69, 9.17) is 21.1 Å². The number of benzene rings is 2. The van der Waals surface area contributed by atoms with Gasteiger partial charge in [-0.25, -0.2) is 8.42 Å². The maximum Gasteiger partial charge on any atom is 0.243 e. The number of anilines is 1. The highest BCUT2D eigenvalue weighted by Gasteiger charge is 2.32. The fraction of sp³-hybridized carbons (Fsp3) is 0.350. The third-order valence-electron chi connectivity index (χ3n) is 4.93. The van der Waals surface area contributed by atoms with Crippen molar-refractivity contribution >= 4 is 33.2 Å². The summed E-state index contributed by atoms with van der Waals surface area (Å²) >= 11 is 5.85. The number of nitrogens with one attached hydrogen (secondary N) is 1. The number of methoxy groups -OCH3 is 2. The Hall–Kier alpha value is -2.29. The molecule has 1 saturated heterocycles. The van der Waals surface area contributed by atoms with Gasteiger partial charge >= 0.3 is 0 Å². The van der Waals surface area contributed by atoms with Crippen LogP contribution in [-0.2, 0) is 14.8 Å². The van der Waals surface area contributed by atoms with Crippen LogP contribution in [0, 0.1) is 5.92 Å². The number of piperidine rings is 1. The third-order valence-corrected chi connectivity index (χ3v) is 7.08. The number of sulfonamides is 1. The molecule has 156 valence electrons. The van der Waals surface area contributed by atoms with Crippen LogP contribution in [0.3, 0.4) is 0 Å². The van der Waals surface area contributed by atoms with E-state index in [0.29, 0.717) is 35.1 Å². The molecule has 3 rings (SSSR count). The number of hydrogen-bond acceptors (Lipinski definition) is 5. The number of ether oxygens (including phenoxy) is 2. The molecule has 0 aromatic heterocycles. The van der Waals surface area contributed by atoms with Crippen LogP contribution in [0.2, 0.25) is 5.02 Å². The van der Waals surface area contributed by atoms with E-state index in [-0.39, 0.29) is 29.8 Å². The molecule has 1 aliphatic heterocycles. The zero-order valence-corrected chi connectivity index (χ0v) is 17.8. The van der Waals surface area contributed by atoms with Crippen molar-refractivity contribution in [3.05, 3.63) is 47.5 Å². The van der Waals surface area contributed by atoms with Gasteiger partial charge in [-0.1, -0.05) is 11.6 Å². The number of hydrogen-bond donors (Lipinski definition) is 1. The van der Waals surface area contributed by atoms with E-state index in [1.54, 1.807) is 30.3 Å². The number of halogens is 1. The van der Waals surface area contributed by atoms with Crippen LogP contribution >= 0.6 is 11.6 Å². The Morgan fingerprint density at radius 1 is 1.03 bits per heavy atom. The van der Waals surface area contributed by atoms with Crippen molar-refractivity contribution in [3.63, 3.8) is 0 Å². The van der Waals surface area contributed by atoms with Crippen molar-refractivity contribution in [3.8, 4) is 11.5 Å². The molecule has 1 heterocycles. The molecule has 29 heavy (non-hydrogen) atoms. The molecule has 0 bridgehead atoms. The van der Waals surface area contributed by atoms with E-state index in [9.17, 15) is 13.2 Å². The van der Waals surface area contributed by atoms with Gasteiger partial charge in [0.15, 0.2) is 11.5 Å². The first-order chi connectivity index (χ1) is 13.8. The van der Waals surface area contributed by atoms with E-state index in [2.05, 4.69) is 5.32 Å². The number of rotatable bonds is 6. The van der Waals surface area contributed by atoms with Gasteiger partial charge in [-0.3, -0.25) is 4.79 Å². The van der Waals surface area contributed by atoms with Crippen molar-refractivity contribution in [1.29, 1.82) is 0 Å². The van der Waals surface area contributed by atoms with Gasteiger partial charge in [0.25, 0.3) is 0 Å². The standard InChI is InChI=1S/C20H23ClN2O5S/c1-27-18-8-7-17(13-19(18)28-2)29(25,26)23-11-9-14(10-12-23)20(24)22-16-5-3-15(21)4-6-16/h3-8,13-14H,9-12H2,1-2H3,(H,22,24). The molecular weight excluding hydrogens is 416 g/mol. The monoisotopic (exact) mass is 438 g/mol. The molecule has 0 atom stereocenters. The summed E-state index contributed by atoms with van der Waals surface area (Å²) in [5.74, 6) is 0.452. The van der Waals surface area contributed by atoms with Gasteiger partial charge in [0, 0.05) is 35.8 Å². The zero-order valence-electron chi connectivity index (χ0n) is 16.2. The number of carbonyl (C=O) groups is 1. The lowest BCUT2D eigenvalue weighted by Gasteiger charge is -2.30. The van der Waals surface area contributed by atoms with Crippen molar-refractivity contribution in [2.45, 2.75) is 17.7 Å². The second kappa shape index (κ2) is 9.02. The average Bonchev–Trinajstić information content (AvgIpc) is 2.74. The van der Waals surface area contributed by atoms with E-state index in [1.807, 2.05) is 0 Å². The summed E-state index contributed by atoms with van der Waals surface area (Å²) in [6.45, 7) is 0.546. The van der Waals surface area contributed by atoms with Gasteiger partial charge in [-0.15, -0.1) is 0 Å². The summed E-state index contributed by atoms with van der Waals surface area (Å²) in [5, 5.41) is 3.45. The topological polar surface area (TPSA) is 84.9 Å². The molecule has 1 N–H and O–H groups in total. The predicted octanol–water partition coefficient (Wildman–Crippen LogP) is 3.40. The van der Waals surface area contributed by atoms with Gasteiger partial charge in [0.05, 0.1) is 19.1 Å². The summed E-state index contributed by atoms with van der Waals surface area (Å²) in [5.41, 5.74) is 0.666. The molecule has 7 nitrogen and oxygen atoms in total. The molecule has 9 heteroatoms. The minimum absolute atomic E-state index is 0.115. The summed E-state index contributed by atoms with van der Waals surface area (Å²) < 4.78 is 37.7. The Kier molecular flexibility index (Phi) is 6.66. The first kappa shape index (κ1) is 21.4.